The molecular weight excluding hydrogens is 867 g/mol. The molecule has 4 amide bonds. The van der Waals surface area contributed by atoms with Crippen molar-refractivity contribution in [2.75, 3.05) is 19.8 Å². The van der Waals surface area contributed by atoms with E-state index >= 15 is 0 Å². The summed E-state index contributed by atoms with van der Waals surface area (Å²) in [5.74, 6) is -0.900. The number of aliphatic hydroxyl groups excluding tert-OH is 1. The second-order valence-electron chi connectivity index (χ2n) is 17.8. The van der Waals surface area contributed by atoms with E-state index in [1.54, 1.807) is 24.3 Å². The SMILES string of the molecule is Cc1nn(C)c(C)c1-c1c(Cl)ccc2c(CCCOc3cccc4cc(F)ccc34)c(C(O)OC(C)(C)C)n(CCCNC(=O)COc3cccc4c3CN(C3CCC(=O)NC3=O)C4=O)c12. The minimum Gasteiger partial charge on any atom is -0.493 e. The molecule has 1 saturated heterocycles. The molecule has 3 N–H and O–H groups in total. The molecule has 2 atom stereocenters. The van der Waals surface area contributed by atoms with E-state index in [9.17, 15) is 28.7 Å². The number of amides is 4. The maximum Gasteiger partial charge on any atom is 0.257 e. The number of rotatable bonds is 16. The maximum atomic E-state index is 14.0. The van der Waals surface area contributed by atoms with Crippen molar-refractivity contribution in [1.29, 1.82) is 0 Å². The van der Waals surface area contributed by atoms with Crippen LogP contribution in [0.4, 0.5) is 4.39 Å². The van der Waals surface area contributed by atoms with E-state index in [1.807, 2.05) is 76.7 Å². The fourth-order valence-electron chi connectivity index (χ4n) is 9.19. The minimum absolute atomic E-state index is 0.113. The van der Waals surface area contributed by atoms with E-state index in [0.717, 1.165) is 49.8 Å². The van der Waals surface area contributed by atoms with Gasteiger partial charge >= 0.3 is 0 Å². The minimum atomic E-state index is -1.34. The third-order valence-electron chi connectivity index (χ3n) is 12.2. The highest BCUT2D eigenvalue weighted by Gasteiger charge is 2.40. The molecule has 8 rings (SSSR count). The number of imide groups is 1. The van der Waals surface area contributed by atoms with Gasteiger partial charge in [0.15, 0.2) is 12.9 Å². The fraction of sp³-hybridized carbons (Fsp3) is 0.380. The number of halogens is 2. The number of carbonyl (C=O) groups excluding carboxylic acids is 4. The lowest BCUT2D eigenvalue weighted by Gasteiger charge is -2.29. The molecule has 2 unspecified atom stereocenters. The Morgan fingerprint density at radius 1 is 1.00 bits per heavy atom. The number of nitrogens with one attached hydrogen (secondary N) is 2. The lowest BCUT2D eigenvalue weighted by molar-refractivity contribution is -0.173. The lowest BCUT2D eigenvalue weighted by Crippen LogP contribution is -2.52. The Morgan fingerprint density at radius 3 is 2.50 bits per heavy atom. The molecular formula is C50H54ClFN6O8. The second kappa shape index (κ2) is 18.9. The molecule has 0 spiro atoms. The number of ether oxygens (including phenoxy) is 3. The first-order chi connectivity index (χ1) is 31.5. The van der Waals surface area contributed by atoms with Crippen LogP contribution in [0.15, 0.2) is 66.7 Å². The first-order valence-corrected chi connectivity index (χ1v) is 22.6. The van der Waals surface area contributed by atoms with Crippen LogP contribution >= 0.6 is 11.6 Å². The van der Waals surface area contributed by atoms with Gasteiger partial charge in [-0.15, -0.1) is 0 Å². The van der Waals surface area contributed by atoms with Gasteiger partial charge in [0, 0.05) is 65.3 Å². The van der Waals surface area contributed by atoms with Gasteiger partial charge in [-0.2, -0.15) is 5.10 Å². The quantitative estimate of drug-likeness (QED) is 0.0500. The number of fused-ring (bicyclic) bond motifs is 3. The number of carbonyl (C=O) groups is 4. The number of aromatic nitrogens is 3. The monoisotopic (exact) mass is 920 g/mol. The van der Waals surface area contributed by atoms with Crippen molar-refractivity contribution in [3.8, 4) is 22.6 Å². The number of aliphatic hydroxyl groups is 1. The van der Waals surface area contributed by atoms with Crippen molar-refractivity contribution in [3.05, 3.63) is 111 Å². The number of hydrogen-bond acceptors (Lipinski definition) is 9. The molecule has 0 aliphatic carbocycles. The molecule has 0 bridgehead atoms. The Balaban J connectivity index is 1.03. The van der Waals surface area contributed by atoms with E-state index in [2.05, 4.69) is 15.2 Å². The number of nitrogens with zero attached hydrogens (tertiary/aromatic N) is 4. The van der Waals surface area contributed by atoms with Gasteiger partial charge < -0.3 is 34.1 Å². The standard InChI is InChI=1S/C50H54ClFN6O8/c1-28-43(29(2)56(6)55-28)44-37(51)19-18-34-33(13-9-24-64-39-14-7-11-30-25-31(52)16-17-32(30)39)46(49(63)66-50(3,4)5)57(45(34)44)23-10-22-53-42(60)27-65-40-15-8-12-35-36(40)26-58(48(35)62)38-20-21-41(59)54-47(38)61/h7-8,11-12,14-19,25,38,49,63H,9-10,13,20-24,26-27H2,1-6H3,(H,53,60)(H,54,59,61). The Hall–Kier alpha value is -6.29. The van der Waals surface area contributed by atoms with Crippen LogP contribution < -0.4 is 20.1 Å². The molecule has 16 heteroatoms. The Morgan fingerprint density at radius 2 is 1.76 bits per heavy atom. The average Bonchev–Trinajstić information content (AvgIpc) is 3.86. The summed E-state index contributed by atoms with van der Waals surface area (Å²) >= 11 is 7.14. The smallest absolute Gasteiger partial charge is 0.257 e. The van der Waals surface area contributed by atoms with Crippen molar-refractivity contribution >= 4 is 56.9 Å². The Bertz CT molecular complexity index is 2880. The van der Waals surface area contributed by atoms with Gasteiger partial charge in [-0.25, -0.2) is 4.39 Å². The fourth-order valence-corrected chi connectivity index (χ4v) is 9.43. The molecule has 4 heterocycles. The van der Waals surface area contributed by atoms with Crippen LogP contribution in [0.1, 0.15) is 91.3 Å². The largest absolute Gasteiger partial charge is 0.493 e. The predicted octanol–water partition coefficient (Wildman–Crippen LogP) is 7.77. The van der Waals surface area contributed by atoms with E-state index in [0.29, 0.717) is 65.8 Å². The summed E-state index contributed by atoms with van der Waals surface area (Å²) in [6.07, 6.45) is 0.555. The summed E-state index contributed by atoms with van der Waals surface area (Å²) in [5, 5.41) is 25.0. The molecule has 1 fully saturated rings. The summed E-state index contributed by atoms with van der Waals surface area (Å²) in [5.41, 5.74) is 5.84. The van der Waals surface area contributed by atoms with Gasteiger partial charge in [0.25, 0.3) is 11.8 Å². The third-order valence-corrected chi connectivity index (χ3v) is 12.5. The van der Waals surface area contributed by atoms with Crippen LogP contribution in [0, 0.1) is 19.7 Å². The first kappa shape index (κ1) is 46.2. The maximum absolute atomic E-state index is 14.0. The van der Waals surface area contributed by atoms with E-state index in [1.165, 1.54) is 17.0 Å². The van der Waals surface area contributed by atoms with Gasteiger partial charge in [0.05, 0.1) is 40.7 Å². The molecule has 0 radical (unpaired) electrons. The van der Waals surface area contributed by atoms with E-state index in [-0.39, 0.29) is 56.1 Å². The summed E-state index contributed by atoms with van der Waals surface area (Å²) in [7, 11) is 1.89. The first-order valence-electron chi connectivity index (χ1n) is 22.2. The lowest BCUT2D eigenvalue weighted by atomic mass is 9.98. The molecule has 346 valence electrons. The zero-order valence-corrected chi connectivity index (χ0v) is 38.7. The van der Waals surface area contributed by atoms with Gasteiger partial charge in [-0.1, -0.05) is 35.9 Å². The van der Waals surface area contributed by atoms with Crippen LogP contribution in [0.3, 0.4) is 0 Å². The zero-order chi connectivity index (χ0) is 47.0. The zero-order valence-electron chi connectivity index (χ0n) is 37.9. The van der Waals surface area contributed by atoms with Crippen LogP contribution in [-0.2, 0) is 45.7 Å². The molecule has 14 nitrogen and oxygen atoms in total. The summed E-state index contributed by atoms with van der Waals surface area (Å²) in [6.45, 7) is 10.3. The topological polar surface area (TPSA) is 166 Å². The molecule has 0 saturated carbocycles. The number of benzene rings is 4. The summed E-state index contributed by atoms with van der Waals surface area (Å²) in [6, 6.07) is 18.2. The number of aryl methyl sites for hydroxylation is 4. The molecule has 2 aliphatic rings. The van der Waals surface area contributed by atoms with Crippen LogP contribution in [-0.4, -0.2) is 79.4 Å². The molecule has 2 aromatic heterocycles. The van der Waals surface area contributed by atoms with E-state index in [4.69, 9.17) is 30.9 Å². The second-order valence-corrected chi connectivity index (χ2v) is 18.2. The molecule has 4 aromatic carbocycles. The van der Waals surface area contributed by atoms with Crippen LogP contribution in [0.2, 0.25) is 5.02 Å². The molecule has 66 heavy (non-hydrogen) atoms. The van der Waals surface area contributed by atoms with Gasteiger partial charge in [-0.3, -0.25) is 29.2 Å². The normalized spacial score (nSPS) is 15.7. The van der Waals surface area contributed by atoms with Crippen molar-refractivity contribution in [3.63, 3.8) is 0 Å². The molecule has 2 aliphatic heterocycles. The average molecular weight is 921 g/mol. The van der Waals surface area contributed by atoms with Crippen molar-refractivity contribution in [2.45, 2.75) is 97.7 Å². The molecule has 6 aromatic rings. The Labute approximate surface area is 386 Å². The van der Waals surface area contributed by atoms with Crippen molar-refractivity contribution < 1.29 is 42.9 Å². The third kappa shape index (κ3) is 9.37. The number of piperidine rings is 1. The van der Waals surface area contributed by atoms with Crippen LogP contribution in [0.5, 0.6) is 11.5 Å². The van der Waals surface area contributed by atoms with E-state index < -0.39 is 23.8 Å². The van der Waals surface area contributed by atoms with Crippen molar-refractivity contribution in [2.24, 2.45) is 7.05 Å². The van der Waals surface area contributed by atoms with Crippen molar-refractivity contribution in [1.82, 2.24) is 29.9 Å². The highest BCUT2D eigenvalue weighted by atomic mass is 35.5. The van der Waals surface area contributed by atoms with Gasteiger partial charge in [0.2, 0.25) is 11.8 Å². The predicted molar refractivity (Wildman–Crippen MR) is 248 cm³/mol. The number of hydrogen-bond donors (Lipinski definition) is 3. The van der Waals surface area contributed by atoms with Gasteiger partial charge in [0.1, 0.15) is 23.4 Å². The summed E-state index contributed by atoms with van der Waals surface area (Å²) in [4.78, 5) is 52.4. The highest BCUT2D eigenvalue weighted by Crippen LogP contribution is 2.44. The Kier molecular flexibility index (Phi) is 13.2. The van der Waals surface area contributed by atoms with Crippen LogP contribution in [0.25, 0.3) is 32.8 Å². The summed E-state index contributed by atoms with van der Waals surface area (Å²) < 4.78 is 36.4. The van der Waals surface area contributed by atoms with Gasteiger partial charge in [-0.05, 0) is 114 Å². The highest BCUT2D eigenvalue weighted by molar-refractivity contribution is 6.35.